The van der Waals surface area contributed by atoms with Crippen molar-refractivity contribution in [1.82, 2.24) is 10.3 Å². The van der Waals surface area contributed by atoms with Crippen LogP contribution in [0.1, 0.15) is 41.0 Å². The highest BCUT2D eigenvalue weighted by Gasteiger charge is 2.23. The molecule has 0 fully saturated rings. The maximum Gasteiger partial charge on any atom is 0.226 e. The number of ether oxygens (including phenoxy) is 1. The molecule has 6 nitrogen and oxygen atoms in total. The molecule has 0 saturated heterocycles. The topological polar surface area (TPSA) is 87.4 Å². The number of carbonyl (C=O) groups is 1. The van der Waals surface area contributed by atoms with Gasteiger partial charge in [0.15, 0.2) is 5.69 Å². The zero-order chi connectivity index (χ0) is 17.8. The molecule has 0 saturated carbocycles. The van der Waals surface area contributed by atoms with Crippen LogP contribution in [0.4, 0.5) is 0 Å². The Balaban J connectivity index is 1.74. The van der Waals surface area contributed by atoms with Crippen molar-refractivity contribution in [3.05, 3.63) is 64.5 Å². The molecule has 1 aromatic heterocycles. The van der Waals surface area contributed by atoms with Crippen LogP contribution in [0.15, 0.2) is 41.4 Å². The van der Waals surface area contributed by atoms with Crippen molar-refractivity contribution in [2.24, 2.45) is 4.99 Å². The monoisotopic (exact) mass is 334 g/mol. The lowest BCUT2D eigenvalue weighted by molar-refractivity contribution is -0.121. The number of hydrogen-bond donors (Lipinski definition) is 1. The second-order valence-corrected chi connectivity index (χ2v) is 5.81. The molecule has 1 N–H and O–H groups in total. The number of fused-ring (bicyclic) bond motifs is 1. The molecule has 0 aliphatic carbocycles. The first kappa shape index (κ1) is 16.7. The SMILES string of the molecule is COC1=NCc2cc(CC(=O)N[C@H](C)c3ccccc3)nc(C#N)c21. The highest BCUT2D eigenvalue weighted by Crippen LogP contribution is 2.23. The molecule has 2 heterocycles. The average Bonchev–Trinajstić information content (AvgIpc) is 3.04. The Hall–Kier alpha value is -3.20. The standard InChI is InChI=1S/C19H18N4O2/c1-12(13-6-4-3-5-7-13)22-17(24)9-15-8-14-11-21-19(25-2)18(14)16(10-20)23-15/h3-8,12H,9,11H2,1-2H3,(H,22,24)/t12-/m1/s1. The third-order valence-corrected chi connectivity index (χ3v) is 4.08. The van der Waals surface area contributed by atoms with Crippen molar-refractivity contribution in [2.45, 2.75) is 25.9 Å². The van der Waals surface area contributed by atoms with Gasteiger partial charge in [0.1, 0.15) is 6.07 Å². The van der Waals surface area contributed by atoms with Crippen LogP contribution in [-0.2, 0) is 22.5 Å². The van der Waals surface area contributed by atoms with Crippen molar-refractivity contribution in [3.8, 4) is 6.07 Å². The predicted molar refractivity (Wildman–Crippen MR) is 92.9 cm³/mol. The van der Waals surface area contributed by atoms with Gasteiger partial charge in [-0.1, -0.05) is 30.3 Å². The maximum atomic E-state index is 12.3. The van der Waals surface area contributed by atoms with Gasteiger partial charge in [0.25, 0.3) is 0 Å². The minimum absolute atomic E-state index is 0.0954. The number of benzene rings is 1. The number of hydrogen-bond acceptors (Lipinski definition) is 5. The summed E-state index contributed by atoms with van der Waals surface area (Å²) in [6, 6.07) is 13.5. The zero-order valence-corrected chi connectivity index (χ0v) is 14.1. The summed E-state index contributed by atoms with van der Waals surface area (Å²) in [6.07, 6.45) is 0.113. The summed E-state index contributed by atoms with van der Waals surface area (Å²) < 4.78 is 5.18. The van der Waals surface area contributed by atoms with Crippen LogP contribution in [0, 0.1) is 11.3 Å². The highest BCUT2D eigenvalue weighted by molar-refractivity contribution is 5.99. The number of amides is 1. The Morgan fingerprint density at radius 3 is 2.84 bits per heavy atom. The average molecular weight is 334 g/mol. The van der Waals surface area contributed by atoms with Crippen LogP contribution in [0.2, 0.25) is 0 Å². The van der Waals surface area contributed by atoms with Gasteiger partial charge in [-0.05, 0) is 24.1 Å². The molecule has 0 unspecified atom stereocenters. The van der Waals surface area contributed by atoms with Crippen LogP contribution in [0.25, 0.3) is 0 Å². The van der Waals surface area contributed by atoms with E-state index >= 15 is 0 Å². The van der Waals surface area contributed by atoms with Gasteiger partial charge in [-0.3, -0.25) is 4.79 Å². The van der Waals surface area contributed by atoms with E-state index < -0.39 is 0 Å². The van der Waals surface area contributed by atoms with E-state index in [1.807, 2.05) is 43.3 Å². The van der Waals surface area contributed by atoms with E-state index in [-0.39, 0.29) is 24.1 Å². The fraction of sp³-hybridized carbons (Fsp3) is 0.263. The maximum absolute atomic E-state index is 12.3. The molecule has 3 rings (SSSR count). The summed E-state index contributed by atoms with van der Waals surface area (Å²) >= 11 is 0. The van der Waals surface area contributed by atoms with Crippen LogP contribution < -0.4 is 5.32 Å². The van der Waals surface area contributed by atoms with E-state index in [4.69, 9.17) is 4.74 Å². The Morgan fingerprint density at radius 1 is 1.40 bits per heavy atom. The third-order valence-electron chi connectivity index (χ3n) is 4.08. The Kier molecular flexibility index (Phi) is 4.75. The molecule has 6 heteroatoms. The van der Waals surface area contributed by atoms with Gasteiger partial charge in [0.05, 0.1) is 37.4 Å². The Morgan fingerprint density at radius 2 is 2.16 bits per heavy atom. The fourth-order valence-corrected chi connectivity index (χ4v) is 2.88. The fourth-order valence-electron chi connectivity index (χ4n) is 2.88. The number of aromatic nitrogens is 1. The van der Waals surface area contributed by atoms with Gasteiger partial charge < -0.3 is 10.1 Å². The minimum atomic E-state index is -0.140. The molecule has 0 radical (unpaired) electrons. The summed E-state index contributed by atoms with van der Waals surface area (Å²) in [7, 11) is 1.52. The van der Waals surface area contributed by atoms with Crippen molar-refractivity contribution in [1.29, 1.82) is 5.26 Å². The molecule has 0 bridgehead atoms. The number of nitrogens with zero attached hydrogens (tertiary/aromatic N) is 3. The lowest BCUT2D eigenvalue weighted by atomic mass is 10.1. The van der Waals surface area contributed by atoms with Crippen LogP contribution in [0.3, 0.4) is 0 Å². The van der Waals surface area contributed by atoms with Crippen molar-refractivity contribution < 1.29 is 9.53 Å². The third kappa shape index (κ3) is 3.50. The Bertz CT molecular complexity index is 869. The quantitative estimate of drug-likeness (QED) is 0.929. The molecule has 2 aromatic rings. The summed E-state index contributed by atoms with van der Waals surface area (Å²) in [5.74, 6) is 0.284. The van der Waals surface area contributed by atoms with E-state index in [1.54, 1.807) is 0 Å². The van der Waals surface area contributed by atoms with E-state index in [9.17, 15) is 10.1 Å². The van der Waals surface area contributed by atoms with Gasteiger partial charge in [0.2, 0.25) is 11.8 Å². The molecule has 126 valence electrons. The molecule has 0 spiro atoms. The molecule has 1 aliphatic heterocycles. The predicted octanol–water partition coefficient (Wildman–Crippen LogP) is 2.28. The number of rotatable bonds is 4. The molecule has 25 heavy (non-hydrogen) atoms. The van der Waals surface area contributed by atoms with Crippen molar-refractivity contribution in [3.63, 3.8) is 0 Å². The van der Waals surface area contributed by atoms with Gasteiger partial charge in [-0.2, -0.15) is 5.26 Å². The van der Waals surface area contributed by atoms with Crippen molar-refractivity contribution >= 4 is 11.8 Å². The summed E-state index contributed by atoms with van der Waals surface area (Å²) in [6.45, 7) is 2.37. The van der Waals surface area contributed by atoms with Crippen LogP contribution in [-0.4, -0.2) is 23.9 Å². The second-order valence-electron chi connectivity index (χ2n) is 5.81. The highest BCUT2D eigenvalue weighted by atomic mass is 16.5. The first-order valence-electron chi connectivity index (χ1n) is 7.98. The van der Waals surface area contributed by atoms with Gasteiger partial charge >= 0.3 is 0 Å². The number of aliphatic imine (C=N–C) groups is 1. The lowest BCUT2D eigenvalue weighted by Crippen LogP contribution is -2.28. The largest absolute Gasteiger partial charge is 0.481 e. The van der Waals surface area contributed by atoms with Gasteiger partial charge in [-0.25, -0.2) is 9.98 Å². The first-order chi connectivity index (χ1) is 12.1. The smallest absolute Gasteiger partial charge is 0.226 e. The number of pyridine rings is 1. The molecule has 1 aromatic carbocycles. The van der Waals surface area contributed by atoms with Gasteiger partial charge in [0, 0.05) is 0 Å². The van der Waals surface area contributed by atoms with Gasteiger partial charge in [-0.15, -0.1) is 0 Å². The van der Waals surface area contributed by atoms with E-state index in [0.717, 1.165) is 11.1 Å². The van der Waals surface area contributed by atoms with E-state index in [0.29, 0.717) is 23.7 Å². The normalized spacial score (nSPS) is 13.4. The number of carbonyl (C=O) groups excluding carboxylic acids is 1. The number of nitrogens with one attached hydrogen (secondary N) is 1. The molecular weight excluding hydrogens is 316 g/mol. The number of nitriles is 1. The van der Waals surface area contributed by atoms with Crippen molar-refractivity contribution in [2.75, 3.05) is 7.11 Å². The Labute approximate surface area is 146 Å². The molecule has 1 amide bonds. The van der Waals surface area contributed by atoms with E-state index in [1.165, 1.54) is 7.11 Å². The number of methoxy groups -OCH3 is 1. The molecule has 1 aliphatic rings. The minimum Gasteiger partial charge on any atom is -0.481 e. The second kappa shape index (κ2) is 7.14. The summed E-state index contributed by atoms with van der Waals surface area (Å²) in [4.78, 5) is 20.9. The van der Waals surface area contributed by atoms with Crippen LogP contribution in [0.5, 0.6) is 0 Å². The first-order valence-corrected chi connectivity index (χ1v) is 7.98. The van der Waals surface area contributed by atoms with E-state index in [2.05, 4.69) is 21.4 Å². The summed E-state index contributed by atoms with van der Waals surface area (Å²) in [5, 5.41) is 12.3. The summed E-state index contributed by atoms with van der Waals surface area (Å²) in [5.41, 5.74) is 3.33. The molecular formula is C19H18N4O2. The van der Waals surface area contributed by atoms with Crippen LogP contribution >= 0.6 is 0 Å². The molecule has 1 atom stereocenters. The lowest BCUT2D eigenvalue weighted by Gasteiger charge is -2.14. The zero-order valence-electron chi connectivity index (χ0n) is 14.1.